The number of nitrogens with zero attached hydrogens (tertiary/aromatic N) is 4. The quantitative estimate of drug-likeness (QED) is 0.0225. The predicted molar refractivity (Wildman–Crippen MR) is 255 cm³/mol. The number of amides is 9. The molecule has 0 unspecified atom stereocenters. The zero-order chi connectivity index (χ0) is 53.5. The number of hydrogen-bond donors (Lipinski definition) is 15. The van der Waals surface area contributed by atoms with Gasteiger partial charge < -0.3 is 78.6 Å². The van der Waals surface area contributed by atoms with E-state index in [1.807, 2.05) is 13.8 Å². The number of carboxylic acid groups (broad SMARTS) is 1. The molecule has 396 valence electrons. The molecule has 9 amide bonds. The number of carboxylic acids is 1. The third kappa shape index (κ3) is 20.8. The van der Waals surface area contributed by atoms with E-state index in [9.17, 15) is 53.1 Å². The summed E-state index contributed by atoms with van der Waals surface area (Å²) < 4.78 is 0. The first-order valence-corrected chi connectivity index (χ1v) is 23.2. The van der Waals surface area contributed by atoms with Crippen molar-refractivity contribution >= 4 is 59.1 Å². The van der Waals surface area contributed by atoms with E-state index in [-0.39, 0.29) is 50.4 Å². The summed E-state index contributed by atoms with van der Waals surface area (Å²) in [6, 6.07) is -7.11. The maximum absolute atomic E-state index is 13.4. The average Bonchev–Trinajstić information content (AvgIpc) is 4.21. The third-order valence-corrected chi connectivity index (χ3v) is 10.6. The molecule has 4 heterocycles. The average molecular weight is 1020 g/mol. The van der Waals surface area contributed by atoms with E-state index >= 15 is 0 Å². The number of nitrogens with two attached hydrogens (primary N) is 1. The van der Waals surface area contributed by atoms with Crippen molar-refractivity contribution in [3.8, 4) is 0 Å². The number of H-pyrrole nitrogens is 4. The Morgan fingerprint density at radius 3 is 1.15 bits per heavy atom. The SMILES string of the molecule is CC(C)C[C@H](NC(=O)CNC(=O)[C@H](Cc1cnc[nH]1)NC(=O)CNC(=O)CNC(=O)[C@H](Cc1cnc[nH]1)NC(=O)CNC(=O)[C@H](CC(C)C)NC(=O)[C@@H](N)Cc1cnc[nH]1)C(=O)N[C@@H](Cc1cnc[nH]1)C(=O)O. The Balaban J connectivity index is 1.27. The number of hydrogen-bond acceptors (Lipinski definition) is 15. The highest BCUT2D eigenvalue weighted by atomic mass is 16.4. The van der Waals surface area contributed by atoms with Gasteiger partial charge in [0, 0.05) is 73.2 Å². The highest BCUT2D eigenvalue weighted by Crippen LogP contribution is 2.09. The Hall–Kier alpha value is -8.50. The van der Waals surface area contributed by atoms with E-state index in [1.54, 1.807) is 13.8 Å². The van der Waals surface area contributed by atoms with Crippen LogP contribution in [-0.2, 0) is 73.6 Å². The molecule has 0 spiro atoms. The van der Waals surface area contributed by atoms with Gasteiger partial charge in [0.25, 0.3) is 0 Å². The molecular weight excluding hydrogens is 957 g/mol. The Bertz CT molecular complexity index is 2430. The number of rotatable bonds is 31. The second-order valence-electron chi connectivity index (χ2n) is 17.7. The number of imidazole rings is 4. The maximum Gasteiger partial charge on any atom is 0.326 e. The smallest absolute Gasteiger partial charge is 0.326 e. The highest BCUT2D eigenvalue weighted by molar-refractivity contribution is 5.96. The summed E-state index contributed by atoms with van der Waals surface area (Å²) in [5, 5.41) is 31.9. The van der Waals surface area contributed by atoms with E-state index in [4.69, 9.17) is 5.73 Å². The summed E-state index contributed by atoms with van der Waals surface area (Å²) in [5.41, 5.74) is 8.00. The first kappa shape index (κ1) is 57.1. The molecule has 0 aromatic carbocycles. The molecule has 0 saturated heterocycles. The molecule has 4 aromatic heterocycles. The summed E-state index contributed by atoms with van der Waals surface area (Å²) in [6.45, 7) is 4.75. The number of aliphatic carboxylic acids is 1. The molecule has 0 radical (unpaired) electrons. The largest absolute Gasteiger partial charge is 0.480 e. The number of carbonyl (C=O) groups excluding carboxylic acids is 9. The lowest BCUT2D eigenvalue weighted by Crippen LogP contribution is -2.55. The standard InChI is InChI=1S/C44H64N18O11/c1-23(2)5-30(61-39(67)29(45)7-25-11-46-19-54-25)40(68)52-18-38(66)60-32(8-26-12-47-20-55-26)41(69)51-15-35(63)50-16-36(64)59-33(9-27-13-48-21-56-27)42(70)53-17-37(65)58-31(6-24(3)4)43(71)62-34(44(72)73)10-28-14-49-22-57-28/h11-14,19-24,29-34H,5-10,15-18,45H2,1-4H3,(H,46,54)(H,47,55)(H,48,56)(H,49,57)(H,50,63)(H,51,69)(H,52,68)(H,53,70)(H,58,65)(H,59,64)(H,60,66)(H,61,67)(H,62,71)(H,72,73)/t29-,30-,31-,32-,33-,34-/m0/s1. The minimum atomic E-state index is -1.34. The van der Waals surface area contributed by atoms with E-state index in [1.165, 1.54) is 50.1 Å². The molecule has 0 aliphatic rings. The highest BCUT2D eigenvalue weighted by Gasteiger charge is 2.30. The van der Waals surface area contributed by atoms with Gasteiger partial charge in [0.15, 0.2) is 0 Å². The van der Waals surface area contributed by atoms with Crippen LogP contribution < -0.4 is 53.6 Å². The Kier molecular flexibility index (Phi) is 22.7. The lowest BCUT2D eigenvalue weighted by Gasteiger charge is -2.23. The predicted octanol–water partition coefficient (Wildman–Crippen LogP) is -4.76. The summed E-state index contributed by atoms with van der Waals surface area (Å²) in [6.07, 6.45) is 11.4. The van der Waals surface area contributed by atoms with Crippen LogP contribution in [0.2, 0.25) is 0 Å². The molecule has 0 fully saturated rings. The topological polar surface area (TPSA) is 440 Å². The van der Waals surface area contributed by atoms with Crippen molar-refractivity contribution in [1.82, 2.24) is 87.7 Å². The van der Waals surface area contributed by atoms with Crippen molar-refractivity contribution in [3.63, 3.8) is 0 Å². The van der Waals surface area contributed by atoms with Crippen LogP contribution >= 0.6 is 0 Å². The second-order valence-corrected chi connectivity index (χ2v) is 17.7. The van der Waals surface area contributed by atoms with Crippen LogP contribution in [0.15, 0.2) is 50.1 Å². The molecule has 0 saturated carbocycles. The molecule has 16 N–H and O–H groups in total. The van der Waals surface area contributed by atoms with Gasteiger partial charge in [-0.3, -0.25) is 43.2 Å². The van der Waals surface area contributed by atoms with Crippen LogP contribution in [0.25, 0.3) is 0 Å². The van der Waals surface area contributed by atoms with Gasteiger partial charge in [-0.25, -0.2) is 24.7 Å². The molecule has 73 heavy (non-hydrogen) atoms. The molecule has 6 atom stereocenters. The van der Waals surface area contributed by atoms with Crippen LogP contribution in [0.1, 0.15) is 63.3 Å². The fraction of sp³-hybridized carbons (Fsp3) is 0.500. The van der Waals surface area contributed by atoms with Gasteiger partial charge >= 0.3 is 5.97 Å². The number of aromatic nitrogens is 8. The Morgan fingerprint density at radius 2 is 0.767 bits per heavy atom. The third-order valence-electron chi connectivity index (χ3n) is 10.6. The van der Waals surface area contributed by atoms with Crippen LogP contribution in [0, 0.1) is 11.8 Å². The Morgan fingerprint density at radius 1 is 0.438 bits per heavy atom. The van der Waals surface area contributed by atoms with Crippen molar-refractivity contribution < 1.29 is 53.1 Å². The molecule has 29 heteroatoms. The van der Waals surface area contributed by atoms with E-state index < -0.39 is 122 Å². The van der Waals surface area contributed by atoms with Crippen molar-refractivity contribution in [1.29, 1.82) is 0 Å². The molecule has 4 rings (SSSR count). The lowest BCUT2D eigenvalue weighted by molar-refractivity contribution is -0.142. The summed E-state index contributed by atoms with van der Waals surface area (Å²) in [4.78, 5) is 157. The van der Waals surface area contributed by atoms with Crippen LogP contribution in [-0.4, -0.2) is 167 Å². The number of carbonyl (C=O) groups is 10. The molecule has 0 aliphatic heterocycles. The molecule has 0 aliphatic carbocycles. The van der Waals surface area contributed by atoms with Gasteiger partial charge in [0.2, 0.25) is 53.2 Å². The summed E-state index contributed by atoms with van der Waals surface area (Å²) in [5.74, 6) is -8.31. The first-order valence-electron chi connectivity index (χ1n) is 23.2. The van der Waals surface area contributed by atoms with E-state index in [0.717, 1.165) is 0 Å². The van der Waals surface area contributed by atoms with Gasteiger partial charge in [-0.1, -0.05) is 27.7 Å². The van der Waals surface area contributed by atoms with Crippen LogP contribution in [0.4, 0.5) is 0 Å². The molecular formula is C44H64N18O11. The van der Waals surface area contributed by atoms with Crippen molar-refractivity contribution in [3.05, 3.63) is 72.9 Å². The van der Waals surface area contributed by atoms with Crippen LogP contribution in [0.3, 0.4) is 0 Å². The van der Waals surface area contributed by atoms with E-state index in [2.05, 4.69) is 87.7 Å². The minimum absolute atomic E-state index is 0.0339. The Labute approximate surface area is 418 Å². The van der Waals surface area contributed by atoms with Gasteiger partial charge in [-0.2, -0.15) is 0 Å². The lowest BCUT2D eigenvalue weighted by atomic mass is 10.0. The van der Waals surface area contributed by atoms with Crippen molar-refractivity contribution in [2.45, 2.75) is 102 Å². The summed E-state index contributed by atoms with van der Waals surface area (Å²) in [7, 11) is 0. The minimum Gasteiger partial charge on any atom is -0.480 e. The fourth-order valence-electron chi connectivity index (χ4n) is 7.00. The normalized spacial score (nSPS) is 13.5. The zero-order valence-electron chi connectivity index (χ0n) is 40.7. The maximum atomic E-state index is 13.4. The monoisotopic (exact) mass is 1020 g/mol. The molecule has 29 nitrogen and oxygen atoms in total. The number of aromatic amines is 4. The fourth-order valence-corrected chi connectivity index (χ4v) is 7.00. The van der Waals surface area contributed by atoms with E-state index in [0.29, 0.717) is 22.8 Å². The van der Waals surface area contributed by atoms with Crippen molar-refractivity contribution in [2.24, 2.45) is 17.6 Å². The van der Waals surface area contributed by atoms with Gasteiger partial charge in [0.1, 0.15) is 30.2 Å². The van der Waals surface area contributed by atoms with Crippen molar-refractivity contribution in [2.75, 3.05) is 26.2 Å². The van der Waals surface area contributed by atoms with Gasteiger partial charge in [-0.15, -0.1) is 0 Å². The first-order chi connectivity index (χ1) is 34.8. The number of nitrogens with one attached hydrogen (secondary N) is 13. The molecule has 0 bridgehead atoms. The zero-order valence-corrected chi connectivity index (χ0v) is 40.7. The van der Waals surface area contributed by atoms with Gasteiger partial charge in [0.05, 0.1) is 57.5 Å². The summed E-state index contributed by atoms with van der Waals surface area (Å²) >= 11 is 0. The molecule has 4 aromatic rings. The second kappa shape index (κ2) is 29.0. The van der Waals surface area contributed by atoms with Gasteiger partial charge in [-0.05, 0) is 24.7 Å². The van der Waals surface area contributed by atoms with Crippen LogP contribution in [0.5, 0.6) is 0 Å².